The molecule has 0 saturated heterocycles. The molecule has 0 spiro atoms. The number of hydrogen-bond acceptors (Lipinski definition) is 2. The Bertz CT molecular complexity index is 419. The highest BCUT2D eigenvalue weighted by atomic mass is 14.9. The minimum Gasteiger partial charge on any atom is -0.310 e. The second-order valence-corrected chi connectivity index (χ2v) is 5.21. The third kappa shape index (κ3) is 3.11. The lowest BCUT2D eigenvalue weighted by Gasteiger charge is -2.31. The van der Waals surface area contributed by atoms with E-state index in [0.29, 0.717) is 6.04 Å². The van der Waals surface area contributed by atoms with Gasteiger partial charge < -0.3 is 5.32 Å². The molecule has 0 aliphatic heterocycles. The smallest absolute Gasteiger partial charge is 0.0995 e. The van der Waals surface area contributed by atoms with E-state index in [1.54, 1.807) is 0 Å². The van der Waals surface area contributed by atoms with Gasteiger partial charge >= 0.3 is 0 Å². The number of nitrogens with zero attached hydrogens (tertiary/aromatic N) is 1. The van der Waals surface area contributed by atoms with Gasteiger partial charge in [-0.2, -0.15) is 5.26 Å². The highest BCUT2D eigenvalue weighted by Crippen LogP contribution is 2.27. The summed E-state index contributed by atoms with van der Waals surface area (Å²) in [4.78, 5) is 0. The van der Waals surface area contributed by atoms with E-state index in [2.05, 4.69) is 24.4 Å². The monoisotopic (exact) mass is 242 g/mol. The first-order valence-corrected chi connectivity index (χ1v) is 7.06. The quantitative estimate of drug-likeness (QED) is 0.875. The summed E-state index contributed by atoms with van der Waals surface area (Å²) in [6.45, 7) is 3.11. The normalized spacial score (nSPS) is 23.6. The van der Waals surface area contributed by atoms with E-state index < -0.39 is 0 Å². The maximum absolute atomic E-state index is 9.08. The second-order valence-electron chi connectivity index (χ2n) is 5.21. The molecule has 0 aromatic heterocycles. The number of benzene rings is 1. The molecule has 0 heterocycles. The highest BCUT2D eigenvalue weighted by molar-refractivity contribution is 5.37. The van der Waals surface area contributed by atoms with Gasteiger partial charge in [0.05, 0.1) is 11.6 Å². The van der Waals surface area contributed by atoms with Crippen LogP contribution < -0.4 is 5.32 Å². The number of hydrogen-bond donors (Lipinski definition) is 1. The molecule has 1 fully saturated rings. The van der Waals surface area contributed by atoms with Gasteiger partial charge in [0.1, 0.15) is 0 Å². The Balaban J connectivity index is 1.96. The Kier molecular flexibility index (Phi) is 4.78. The SMILES string of the molecule is CCC1CCCCC1NCc1ccccc1C#N. The maximum Gasteiger partial charge on any atom is 0.0995 e. The zero-order valence-corrected chi connectivity index (χ0v) is 11.2. The first-order chi connectivity index (χ1) is 8.85. The summed E-state index contributed by atoms with van der Waals surface area (Å²) >= 11 is 0. The van der Waals surface area contributed by atoms with Gasteiger partial charge in [-0.1, -0.05) is 44.4 Å². The molecule has 2 heteroatoms. The Morgan fingerprint density at radius 3 is 2.83 bits per heavy atom. The molecule has 1 aromatic carbocycles. The fourth-order valence-electron chi connectivity index (χ4n) is 2.99. The van der Waals surface area contributed by atoms with Crippen LogP contribution in [-0.4, -0.2) is 6.04 Å². The van der Waals surface area contributed by atoms with E-state index in [-0.39, 0.29) is 0 Å². The Morgan fingerprint density at radius 2 is 2.06 bits per heavy atom. The van der Waals surface area contributed by atoms with E-state index in [4.69, 9.17) is 5.26 Å². The minimum absolute atomic E-state index is 0.635. The molecule has 1 aliphatic carbocycles. The van der Waals surface area contributed by atoms with Crippen molar-refractivity contribution in [3.05, 3.63) is 35.4 Å². The van der Waals surface area contributed by atoms with Crippen LogP contribution >= 0.6 is 0 Å². The summed E-state index contributed by atoms with van der Waals surface area (Å²) in [5.74, 6) is 0.813. The average Bonchev–Trinajstić information content (AvgIpc) is 2.45. The Morgan fingerprint density at radius 1 is 1.28 bits per heavy atom. The molecule has 18 heavy (non-hydrogen) atoms. The minimum atomic E-state index is 0.635. The fourth-order valence-corrected chi connectivity index (χ4v) is 2.99. The zero-order valence-electron chi connectivity index (χ0n) is 11.2. The largest absolute Gasteiger partial charge is 0.310 e. The van der Waals surface area contributed by atoms with Crippen molar-refractivity contribution >= 4 is 0 Å². The van der Waals surface area contributed by atoms with Crippen LogP contribution in [0.3, 0.4) is 0 Å². The van der Waals surface area contributed by atoms with Crippen LogP contribution in [0.15, 0.2) is 24.3 Å². The molecular weight excluding hydrogens is 220 g/mol. The molecule has 1 aromatic rings. The molecule has 2 unspecified atom stereocenters. The first kappa shape index (κ1) is 13.1. The van der Waals surface area contributed by atoms with Crippen molar-refractivity contribution in [1.29, 1.82) is 5.26 Å². The van der Waals surface area contributed by atoms with Crippen LogP contribution in [0.4, 0.5) is 0 Å². The van der Waals surface area contributed by atoms with Gasteiger partial charge in [0.25, 0.3) is 0 Å². The summed E-state index contributed by atoms with van der Waals surface area (Å²) in [6, 6.07) is 10.8. The van der Waals surface area contributed by atoms with Crippen molar-refractivity contribution < 1.29 is 0 Å². The molecule has 0 amide bonds. The molecule has 1 saturated carbocycles. The van der Waals surface area contributed by atoms with Crippen LogP contribution in [0.25, 0.3) is 0 Å². The number of nitrogens with one attached hydrogen (secondary N) is 1. The van der Waals surface area contributed by atoms with Crippen molar-refractivity contribution in [2.24, 2.45) is 5.92 Å². The molecule has 2 rings (SSSR count). The molecule has 2 nitrogen and oxygen atoms in total. The zero-order chi connectivity index (χ0) is 12.8. The third-order valence-electron chi connectivity index (χ3n) is 4.13. The highest BCUT2D eigenvalue weighted by Gasteiger charge is 2.22. The topological polar surface area (TPSA) is 35.8 Å². The molecule has 0 radical (unpaired) electrons. The third-order valence-corrected chi connectivity index (χ3v) is 4.13. The molecular formula is C16H22N2. The summed E-state index contributed by atoms with van der Waals surface area (Å²) < 4.78 is 0. The summed E-state index contributed by atoms with van der Waals surface area (Å²) in [7, 11) is 0. The standard InChI is InChI=1S/C16H22N2/c1-2-13-7-5-6-10-16(13)18-12-15-9-4-3-8-14(15)11-17/h3-4,8-9,13,16,18H,2,5-7,10,12H2,1H3. The van der Waals surface area contributed by atoms with Crippen molar-refractivity contribution in [3.8, 4) is 6.07 Å². The van der Waals surface area contributed by atoms with Crippen molar-refractivity contribution in [2.45, 2.75) is 51.6 Å². The van der Waals surface area contributed by atoms with Crippen LogP contribution in [0, 0.1) is 17.2 Å². The van der Waals surface area contributed by atoms with E-state index >= 15 is 0 Å². The van der Waals surface area contributed by atoms with Crippen LogP contribution in [0.2, 0.25) is 0 Å². The molecule has 0 bridgehead atoms. The van der Waals surface area contributed by atoms with Crippen molar-refractivity contribution in [3.63, 3.8) is 0 Å². The van der Waals surface area contributed by atoms with Gasteiger partial charge in [-0.15, -0.1) is 0 Å². The molecule has 96 valence electrons. The van der Waals surface area contributed by atoms with E-state index in [1.807, 2.05) is 18.2 Å². The summed E-state index contributed by atoms with van der Waals surface area (Å²) in [5.41, 5.74) is 1.93. The van der Waals surface area contributed by atoms with E-state index in [0.717, 1.165) is 23.6 Å². The first-order valence-electron chi connectivity index (χ1n) is 7.06. The van der Waals surface area contributed by atoms with Gasteiger partial charge in [0, 0.05) is 12.6 Å². The van der Waals surface area contributed by atoms with E-state index in [1.165, 1.54) is 32.1 Å². The predicted octanol–water partition coefficient (Wildman–Crippen LogP) is 3.62. The van der Waals surface area contributed by atoms with E-state index in [9.17, 15) is 0 Å². The predicted molar refractivity (Wildman–Crippen MR) is 74.0 cm³/mol. The second kappa shape index (κ2) is 6.56. The lowest BCUT2D eigenvalue weighted by atomic mass is 9.83. The van der Waals surface area contributed by atoms with Gasteiger partial charge in [-0.25, -0.2) is 0 Å². The summed E-state index contributed by atoms with van der Waals surface area (Å²) in [5, 5.41) is 12.7. The van der Waals surface area contributed by atoms with Gasteiger partial charge in [0.2, 0.25) is 0 Å². The lowest BCUT2D eigenvalue weighted by Crippen LogP contribution is -2.37. The fraction of sp³-hybridized carbons (Fsp3) is 0.562. The van der Waals surface area contributed by atoms with Crippen LogP contribution in [0.5, 0.6) is 0 Å². The summed E-state index contributed by atoms with van der Waals surface area (Å²) in [6.07, 6.45) is 6.62. The molecule has 2 atom stereocenters. The van der Waals surface area contributed by atoms with Gasteiger partial charge in [0.15, 0.2) is 0 Å². The Hall–Kier alpha value is -1.33. The molecule has 1 aliphatic rings. The Labute approximate surface area is 110 Å². The van der Waals surface area contributed by atoms with Crippen LogP contribution in [-0.2, 0) is 6.54 Å². The molecule has 1 N–H and O–H groups in total. The van der Waals surface area contributed by atoms with Crippen LogP contribution in [0.1, 0.15) is 50.2 Å². The van der Waals surface area contributed by atoms with Gasteiger partial charge in [-0.3, -0.25) is 0 Å². The number of nitriles is 1. The average molecular weight is 242 g/mol. The van der Waals surface area contributed by atoms with Crippen molar-refractivity contribution in [1.82, 2.24) is 5.32 Å². The maximum atomic E-state index is 9.08. The van der Waals surface area contributed by atoms with Gasteiger partial charge in [-0.05, 0) is 30.4 Å². The van der Waals surface area contributed by atoms with Crippen molar-refractivity contribution in [2.75, 3.05) is 0 Å². The lowest BCUT2D eigenvalue weighted by molar-refractivity contribution is 0.254. The number of rotatable bonds is 4.